The Hall–Kier alpha value is -2.60. The van der Waals surface area contributed by atoms with Crippen LogP contribution in [0.4, 0.5) is 14.9 Å². The number of rotatable bonds is 9. The molecule has 1 saturated heterocycles. The lowest BCUT2D eigenvalue weighted by atomic mass is 10.1. The zero-order valence-corrected chi connectivity index (χ0v) is 26.2. The first-order chi connectivity index (χ1) is 19.0. The normalized spacial score (nSPS) is 16.0. The highest BCUT2D eigenvalue weighted by Gasteiger charge is 2.29. The Morgan fingerprint density at radius 3 is 2.56 bits per heavy atom. The Bertz CT molecular complexity index is 1420. The van der Waals surface area contributed by atoms with Gasteiger partial charge in [-0.1, -0.05) is 30.1 Å². The third-order valence-corrected chi connectivity index (χ3v) is 9.26. The molecule has 0 aliphatic carbocycles. The van der Waals surface area contributed by atoms with Crippen molar-refractivity contribution in [2.45, 2.75) is 57.7 Å². The molecule has 1 aliphatic heterocycles. The molecule has 0 radical (unpaired) electrons. The average molecular weight is 632 g/mol. The van der Waals surface area contributed by atoms with E-state index in [-0.39, 0.29) is 51.5 Å². The number of likely N-dealkylation sites (tertiary alicyclic amines) is 1. The van der Waals surface area contributed by atoms with E-state index < -0.39 is 33.3 Å². The second-order valence-electron chi connectivity index (χ2n) is 11.2. The zero-order valence-electron chi connectivity index (χ0n) is 23.9. The molecule has 9 nitrogen and oxygen atoms in total. The van der Waals surface area contributed by atoms with Crippen molar-refractivity contribution in [1.82, 2.24) is 15.1 Å². The van der Waals surface area contributed by atoms with Gasteiger partial charge >= 0.3 is 6.09 Å². The van der Waals surface area contributed by atoms with Crippen molar-refractivity contribution in [3.8, 4) is 0 Å². The minimum absolute atomic E-state index is 0.0541. The Balaban J connectivity index is 1.68. The van der Waals surface area contributed by atoms with Crippen molar-refractivity contribution >= 4 is 50.7 Å². The third-order valence-electron chi connectivity index (χ3n) is 6.76. The van der Waals surface area contributed by atoms with Crippen LogP contribution in [0.2, 0.25) is 10.0 Å². The number of anilines is 1. The Kier molecular flexibility index (Phi) is 10.6. The van der Waals surface area contributed by atoms with Crippen molar-refractivity contribution in [2.24, 2.45) is 5.92 Å². The number of ether oxygens (including phenoxy) is 1. The van der Waals surface area contributed by atoms with E-state index in [2.05, 4.69) is 5.32 Å². The maximum Gasteiger partial charge on any atom is 0.410 e. The van der Waals surface area contributed by atoms with Crippen molar-refractivity contribution in [3.63, 3.8) is 0 Å². The summed E-state index contributed by atoms with van der Waals surface area (Å²) >= 11 is 12.5. The van der Waals surface area contributed by atoms with E-state index in [0.717, 1.165) is 12.5 Å². The van der Waals surface area contributed by atoms with Gasteiger partial charge in [0.15, 0.2) is 9.84 Å². The highest BCUT2D eigenvalue weighted by molar-refractivity contribution is 7.91. The van der Waals surface area contributed by atoms with Crippen LogP contribution in [-0.2, 0) is 27.7 Å². The van der Waals surface area contributed by atoms with Gasteiger partial charge in [-0.25, -0.2) is 17.6 Å². The molecular weight excluding hydrogens is 594 g/mol. The SMILES string of the molecule is CCS(=O)(=O)c1ccc(Cl)cc1CNC(=O)c1cc(F)c(CN2CC[C@H](CN(C)C(=O)OC(C)(C)C)C2)c(Cl)c1N. The summed E-state index contributed by atoms with van der Waals surface area (Å²) in [5.41, 5.74) is 5.82. The molecule has 3 N–H and O–H groups in total. The first-order valence-corrected chi connectivity index (χ1v) is 15.7. The molecular formula is C28H37Cl2FN4O5S. The van der Waals surface area contributed by atoms with Gasteiger partial charge in [0.2, 0.25) is 0 Å². The zero-order chi connectivity index (χ0) is 30.7. The van der Waals surface area contributed by atoms with Crippen molar-refractivity contribution in [2.75, 3.05) is 38.2 Å². The number of amides is 2. The minimum atomic E-state index is -3.57. The molecule has 226 valence electrons. The number of benzene rings is 2. The number of hydrogen-bond acceptors (Lipinski definition) is 7. The summed E-state index contributed by atoms with van der Waals surface area (Å²) < 4.78 is 45.6. The largest absolute Gasteiger partial charge is 0.444 e. The summed E-state index contributed by atoms with van der Waals surface area (Å²) in [6.45, 7) is 8.76. The fraction of sp³-hybridized carbons (Fsp3) is 0.500. The van der Waals surface area contributed by atoms with Gasteiger partial charge in [0.25, 0.3) is 5.91 Å². The smallest absolute Gasteiger partial charge is 0.410 e. The fourth-order valence-corrected chi connectivity index (χ4v) is 6.22. The first kappa shape index (κ1) is 32.9. The predicted molar refractivity (Wildman–Crippen MR) is 158 cm³/mol. The molecule has 3 rings (SSSR count). The topological polar surface area (TPSA) is 122 Å². The molecule has 1 heterocycles. The summed E-state index contributed by atoms with van der Waals surface area (Å²) in [6.07, 6.45) is 0.409. The molecule has 0 spiro atoms. The Morgan fingerprint density at radius 2 is 1.93 bits per heavy atom. The molecule has 0 unspecified atom stereocenters. The van der Waals surface area contributed by atoms with Crippen LogP contribution in [-0.4, -0.2) is 68.3 Å². The van der Waals surface area contributed by atoms with Crippen LogP contribution in [0.15, 0.2) is 29.2 Å². The number of nitrogen functional groups attached to an aromatic ring is 1. The summed E-state index contributed by atoms with van der Waals surface area (Å²) in [4.78, 5) is 28.9. The number of nitrogens with two attached hydrogens (primary N) is 1. The lowest BCUT2D eigenvalue weighted by Crippen LogP contribution is -2.37. The lowest BCUT2D eigenvalue weighted by Gasteiger charge is -2.26. The van der Waals surface area contributed by atoms with Crippen LogP contribution in [0.5, 0.6) is 0 Å². The fourth-order valence-electron chi connectivity index (χ4n) is 4.66. The molecule has 2 amide bonds. The molecule has 13 heteroatoms. The van der Waals surface area contributed by atoms with E-state index in [1.807, 2.05) is 25.7 Å². The quantitative estimate of drug-likeness (QED) is 0.368. The third kappa shape index (κ3) is 8.47. The molecule has 41 heavy (non-hydrogen) atoms. The Labute approximate surface area is 251 Å². The van der Waals surface area contributed by atoms with Gasteiger partial charge in [-0.15, -0.1) is 0 Å². The molecule has 0 bridgehead atoms. The van der Waals surface area contributed by atoms with Gasteiger partial charge in [-0.05, 0) is 69.5 Å². The van der Waals surface area contributed by atoms with E-state index in [4.69, 9.17) is 33.7 Å². The van der Waals surface area contributed by atoms with Crippen LogP contribution in [0.3, 0.4) is 0 Å². The second kappa shape index (κ2) is 13.1. The maximum atomic E-state index is 15.2. The molecule has 0 saturated carbocycles. The Morgan fingerprint density at radius 1 is 1.24 bits per heavy atom. The van der Waals surface area contributed by atoms with Gasteiger partial charge in [0.1, 0.15) is 11.4 Å². The van der Waals surface area contributed by atoms with Crippen LogP contribution in [0.25, 0.3) is 0 Å². The standard InChI is InChI=1S/C28H37Cl2FN4O5S/c1-6-41(38,39)23-8-7-19(29)11-18(23)13-33-26(36)20-12-22(31)21(24(30)25(20)32)16-35-10-9-17(15-35)14-34(5)27(37)40-28(2,3)4/h7-8,11-12,17H,6,9-10,13-16,32H2,1-5H3,(H,33,36)/t17-/m1/s1. The van der Waals surface area contributed by atoms with Gasteiger partial charge in [-0.2, -0.15) is 0 Å². The monoisotopic (exact) mass is 630 g/mol. The molecule has 1 atom stereocenters. The number of carbonyl (C=O) groups excluding carboxylic acids is 2. The number of nitrogens with one attached hydrogen (secondary N) is 1. The van der Waals surface area contributed by atoms with Crippen molar-refractivity contribution in [3.05, 3.63) is 56.8 Å². The second-order valence-corrected chi connectivity index (χ2v) is 14.3. The van der Waals surface area contributed by atoms with Crippen LogP contribution >= 0.6 is 23.2 Å². The highest BCUT2D eigenvalue weighted by Crippen LogP contribution is 2.32. The average Bonchev–Trinajstić information content (AvgIpc) is 3.32. The molecule has 1 fully saturated rings. The molecule has 1 aliphatic rings. The van der Waals surface area contributed by atoms with Gasteiger partial charge < -0.3 is 20.7 Å². The molecule has 2 aromatic rings. The van der Waals surface area contributed by atoms with Crippen LogP contribution < -0.4 is 11.1 Å². The van der Waals surface area contributed by atoms with E-state index >= 15 is 4.39 Å². The maximum absolute atomic E-state index is 15.2. The summed E-state index contributed by atoms with van der Waals surface area (Å²) in [5.74, 6) is -1.34. The summed E-state index contributed by atoms with van der Waals surface area (Å²) in [6, 6.07) is 5.35. The molecule has 2 aromatic carbocycles. The van der Waals surface area contributed by atoms with Gasteiger partial charge in [0, 0.05) is 43.8 Å². The van der Waals surface area contributed by atoms with Crippen molar-refractivity contribution in [1.29, 1.82) is 0 Å². The van der Waals surface area contributed by atoms with Gasteiger partial charge in [0.05, 0.1) is 26.9 Å². The van der Waals surface area contributed by atoms with Crippen molar-refractivity contribution < 1.29 is 27.1 Å². The van der Waals surface area contributed by atoms with Gasteiger partial charge in [-0.3, -0.25) is 9.69 Å². The number of carbonyl (C=O) groups is 2. The van der Waals surface area contributed by atoms with E-state index in [1.54, 1.807) is 11.9 Å². The van der Waals surface area contributed by atoms with E-state index in [9.17, 15) is 18.0 Å². The number of nitrogens with zero attached hydrogens (tertiary/aromatic N) is 2. The van der Waals surface area contributed by atoms with E-state index in [1.165, 1.54) is 25.1 Å². The lowest BCUT2D eigenvalue weighted by molar-refractivity contribution is 0.0274. The highest BCUT2D eigenvalue weighted by atomic mass is 35.5. The molecule has 0 aromatic heterocycles. The number of sulfone groups is 1. The predicted octanol–water partition coefficient (Wildman–Crippen LogP) is 5.13. The van der Waals surface area contributed by atoms with Crippen LogP contribution in [0.1, 0.15) is 55.6 Å². The first-order valence-electron chi connectivity index (χ1n) is 13.2. The number of hydrogen-bond donors (Lipinski definition) is 2. The van der Waals surface area contributed by atoms with E-state index in [0.29, 0.717) is 30.2 Å². The number of halogens is 3. The van der Waals surface area contributed by atoms with Crippen LogP contribution in [0, 0.1) is 11.7 Å². The summed E-state index contributed by atoms with van der Waals surface area (Å²) in [5, 5.41) is 2.85. The minimum Gasteiger partial charge on any atom is -0.444 e. The summed E-state index contributed by atoms with van der Waals surface area (Å²) in [7, 11) is -1.88.